The zero-order valence-corrected chi connectivity index (χ0v) is 9.63. The first-order valence-electron chi connectivity index (χ1n) is 0.493. The molecule has 3 radical (unpaired) electrons. The third-order valence-electron chi connectivity index (χ3n) is 0. The van der Waals surface area contributed by atoms with Crippen molar-refractivity contribution in [1.82, 2.24) is 0 Å². The Kier molecular flexibility index (Phi) is 133. The Morgan fingerprint density at radius 3 is 1.20 bits per heavy atom. The first-order chi connectivity index (χ1) is 2.00. The third-order valence-corrected chi connectivity index (χ3v) is 0. The minimum absolute atomic E-state index is 0. The van der Waals surface area contributed by atoms with Gasteiger partial charge in [0.1, 0.15) is 0 Å². The van der Waals surface area contributed by atoms with Gasteiger partial charge in [-0.3, -0.25) is 0 Å². The van der Waals surface area contributed by atoms with Crippen molar-refractivity contribution in [3.8, 4) is 0 Å². The molecular weight excluding hydrogens is 324 g/mol. The maximum absolute atomic E-state index is 8.38. The summed E-state index contributed by atoms with van der Waals surface area (Å²) < 4.78 is 16.7. The number of hydrogen-bond acceptors (Lipinski definition) is 2. The van der Waals surface area contributed by atoms with Crippen molar-refractivity contribution >= 4 is 22.5 Å². The predicted molar refractivity (Wildman–Crippen MR) is 7.13 cm³/mol. The molecule has 0 aromatic carbocycles. The summed E-state index contributed by atoms with van der Waals surface area (Å²) >= 11 is 0.425. The molecule has 0 saturated carbocycles. The summed E-state index contributed by atoms with van der Waals surface area (Å²) in [5.74, 6) is 0. The molecule has 5 heavy (non-hydrogen) atoms. The Labute approximate surface area is 69.0 Å². The van der Waals surface area contributed by atoms with Crippen molar-refractivity contribution in [3.05, 3.63) is 0 Å². The molecule has 0 heterocycles. The van der Waals surface area contributed by atoms with Gasteiger partial charge in [0, 0.05) is 22.4 Å². The fraction of sp³-hybridized carbons (Fsp3) is 0. The van der Waals surface area contributed by atoms with Crippen LogP contribution < -0.4 is 0 Å². The van der Waals surface area contributed by atoms with Gasteiger partial charge < -0.3 is 0 Å². The van der Waals surface area contributed by atoms with Crippen molar-refractivity contribution in [2.75, 3.05) is 0 Å². The quantitative estimate of drug-likeness (QED) is 0.557. The van der Waals surface area contributed by atoms with Crippen LogP contribution in [0.3, 0.4) is 0 Å². The summed E-state index contributed by atoms with van der Waals surface area (Å²) in [6.07, 6.45) is 0. The Bertz CT molecular complexity index is 11.6. The second-order valence-corrected chi connectivity index (χ2v) is 0. The molecule has 0 amide bonds. The van der Waals surface area contributed by atoms with E-state index in [9.17, 15) is 0 Å². The molecule has 29 valence electrons. The van der Waals surface area contributed by atoms with Gasteiger partial charge in [-0.05, 0) is 0 Å². The van der Waals surface area contributed by atoms with Crippen LogP contribution in [0.4, 0.5) is 0 Å². The van der Waals surface area contributed by atoms with E-state index in [1.807, 2.05) is 0 Å². The summed E-state index contributed by atoms with van der Waals surface area (Å²) in [4.78, 5) is 0. The molecule has 0 fully saturated rings. The Morgan fingerprint density at radius 2 is 1.20 bits per heavy atom. The SMILES string of the molecule is [Ag].[O]=[Sn].[O]=[Zn]. The van der Waals surface area contributed by atoms with Crippen molar-refractivity contribution in [3.63, 3.8) is 0 Å². The molecule has 0 N–H and O–H groups in total. The second kappa shape index (κ2) is 42.1. The molecule has 0 saturated heterocycles. The standard InChI is InChI=1S/Ag.2O.Sn.Zn. The van der Waals surface area contributed by atoms with Gasteiger partial charge in [0.05, 0.1) is 0 Å². The zero-order chi connectivity index (χ0) is 4.00. The Hall–Kier alpha value is 1.76. The van der Waals surface area contributed by atoms with Crippen LogP contribution in [0.1, 0.15) is 0 Å². The van der Waals surface area contributed by atoms with E-state index in [4.69, 9.17) is 6.65 Å². The van der Waals surface area contributed by atoms with E-state index < -0.39 is 0 Å². The molecule has 2 nitrogen and oxygen atoms in total. The van der Waals surface area contributed by atoms with Crippen LogP contribution in [0, 0.1) is 0 Å². The van der Waals surface area contributed by atoms with Crippen LogP contribution in [0.5, 0.6) is 0 Å². The molecule has 0 rings (SSSR count). The molecule has 0 aliphatic rings. The second-order valence-electron chi connectivity index (χ2n) is 0. The fourth-order valence-corrected chi connectivity index (χ4v) is 0. The van der Waals surface area contributed by atoms with Crippen LogP contribution >= 0.6 is 0 Å². The monoisotopic (exact) mass is 323 g/mol. The number of hydrogen-bond donors (Lipinski definition) is 0. The van der Waals surface area contributed by atoms with Crippen LogP contribution in [0.25, 0.3) is 0 Å². The van der Waals surface area contributed by atoms with E-state index in [0.717, 1.165) is 0 Å². The molecule has 0 aliphatic heterocycles. The molecule has 0 aliphatic carbocycles. The first kappa shape index (κ1) is 15.9. The summed E-state index contributed by atoms with van der Waals surface area (Å²) in [5, 5.41) is 0. The molecule has 0 atom stereocenters. The average Bonchev–Trinajstić information content (AvgIpc) is 1.50. The molecule has 0 spiro atoms. The van der Waals surface area contributed by atoms with Gasteiger partial charge in [-0.25, -0.2) is 0 Å². The van der Waals surface area contributed by atoms with Gasteiger partial charge in [-0.15, -0.1) is 0 Å². The molecule has 0 aromatic rings. The van der Waals surface area contributed by atoms with E-state index in [1.165, 1.54) is 0 Å². The van der Waals surface area contributed by atoms with E-state index >= 15 is 0 Å². The van der Waals surface area contributed by atoms with E-state index in [-0.39, 0.29) is 40.6 Å². The van der Waals surface area contributed by atoms with Crippen LogP contribution in [0.15, 0.2) is 0 Å². The molecule has 0 aromatic heterocycles. The Balaban J connectivity index is -0.0000000133. The summed E-state index contributed by atoms with van der Waals surface area (Å²) in [6.45, 7) is 0. The van der Waals surface area contributed by atoms with E-state index in [0.29, 0.717) is 22.5 Å². The van der Waals surface area contributed by atoms with Gasteiger partial charge in [0.2, 0.25) is 0 Å². The van der Waals surface area contributed by atoms with E-state index in [2.05, 4.69) is 0 Å². The van der Waals surface area contributed by atoms with Gasteiger partial charge in [-0.1, -0.05) is 0 Å². The molecule has 0 unspecified atom stereocenters. The molecular formula is AgO2SnZn. The minimum atomic E-state index is 0. The van der Waals surface area contributed by atoms with Crippen LogP contribution in [-0.2, 0) is 47.3 Å². The predicted octanol–water partition coefficient (Wildman–Crippen LogP) is -0.623. The molecule has 0 bridgehead atoms. The first-order valence-corrected chi connectivity index (χ1v) is 2.87. The third kappa shape index (κ3) is 26.3. The number of rotatable bonds is 0. The van der Waals surface area contributed by atoms with Crippen molar-refractivity contribution in [2.24, 2.45) is 0 Å². The van der Waals surface area contributed by atoms with Crippen LogP contribution in [-0.4, -0.2) is 22.5 Å². The van der Waals surface area contributed by atoms with Gasteiger partial charge in [0.25, 0.3) is 0 Å². The van der Waals surface area contributed by atoms with Gasteiger partial charge >= 0.3 is 47.4 Å². The van der Waals surface area contributed by atoms with E-state index in [1.54, 1.807) is 0 Å². The summed E-state index contributed by atoms with van der Waals surface area (Å²) in [7, 11) is 0. The summed E-state index contributed by atoms with van der Waals surface area (Å²) in [5.41, 5.74) is 0. The maximum atomic E-state index is 8.38. The van der Waals surface area contributed by atoms with Gasteiger partial charge in [-0.2, -0.15) is 0 Å². The van der Waals surface area contributed by atoms with Gasteiger partial charge in [0.15, 0.2) is 0 Å². The summed E-state index contributed by atoms with van der Waals surface area (Å²) in [6, 6.07) is 0. The van der Waals surface area contributed by atoms with Crippen molar-refractivity contribution in [1.29, 1.82) is 0 Å². The van der Waals surface area contributed by atoms with Crippen molar-refractivity contribution < 1.29 is 47.3 Å². The molecule has 5 heteroatoms. The van der Waals surface area contributed by atoms with Crippen LogP contribution in [0.2, 0.25) is 0 Å². The van der Waals surface area contributed by atoms with Crippen molar-refractivity contribution in [2.45, 2.75) is 0 Å². The zero-order valence-electron chi connectivity index (χ0n) is 2.33. The normalized spacial score (nSPS) is 2.00. The average molecular weight is 324 g/mol. The topological polar surface area (TPSA) is 34.1 Å². The fourth-order valence-electron chi connectivity index (χ4n) is 0. The Morgan fingerprint density at radius 1 is 1.20 bits per heavy atom.